The van der Waals surface area contributed by atoms with E-state index in [1.54, 1.807) is 72.7 Å². The molecule has 0 spiro atoms. The van der Waals surface area contributed by atoms with Gasteiger partial charge in [0.15, 0.2) is 0 Å². The summed E-state index contributed by atoms with van der Waals surface area (Å²) in [5.41, 5.74) is 1.55. The number of ether oxygens (including phenoxy) is 2. The standard InChI is InChI=1S/C41H59N5O9/c1-10-30(42-37(49)32(25(4)5)44-38(50)33(26(6)7)46-41(53)55-23-29-19-15-12-16-20-29)35(47)39(51)43-31(21-24(2)3)36(48)45-34(27(8)9)40(52)54-22-28-17-13-11-14-18-28/h11-20,24-27,30-34H,10,21-23H2,1-9H3,(H,42,49)(H,43,51)(H,44,50)(H,45,48)(H,46,53)/t30-,31+,32-,33-,34-/m0/s1. The van der Waals surface area contributed by atoms with Gasteiger partial charge >= 0.3 is 12.1 Å². The fourth-order valence-corrected chi connectivity index (χ4v) is 5.48. The molecule has 55 heavy (non-hydrogen) atoms. The zero-order chi connectivity index (χ0) is 41.2. The Balaban J connectivity index is 2.09. The molecule has 0 aliphatic heterocycles. The quantitative estimate of drug-likeness (QED) is 0.0923. The molecule has 14 nitrogen and oxygen atoms in total. The van der Waals surface area contributed by atoms with Gasteiger partial charge < -0.3 is 36.1 Å². The highest BCUT2D eigenvalue weighted by Crippen LogP contribution is 2.12. The second-order valence-corrected chi connectivity index (χ2v) is 15.0. The van der Waals surface area contributed by atoms with Crippen molar-refractivity contribution in [3.63, 3.8) is 0 Å². The summed E-state index contributed by atoms with van der Waals surface area (Å²) < 4.78 is 10.7. The van der Waals surface area contributed by atoms with E-state index in [1.807, 2.05) is 50.2 Å². The third kappa shape index (κ3) is 15.5. The van der Waals surface area contributed by atoms with Gasteiger partial charge in [0.05, 0.1) is 6.04 Å². The molecule has 0 saturated carbocycles. The van der Waals surface area contributed by atoms with Crippen molar-refractivity contribution in [2.24, 2.45) is 23.7 Å². The number of hydrogen-bond acceptors (Lipinski definition) is 9. The van der Waals surface area contributed by atoms with E-state index in [4.69, 9.17) is 9.47 Å². The molecule has 5 N–H and O–H groups in total. The number of benzene rings is 2. The largest absolute Gasteiger partial charge is 0.459 e. The molecule has 0 unspecified atom stereocenters. The van der Waals surface area contributed by atoms with Gasteiger partial charge in [0.1, 0.15) is 37.4 Å². The monoisotopic (exact) mass is 765 g/mol. The second kappa shape index (κ2) is 22.8. The van der Waals surface area contributed by atoms with Crippen molar-refractivity contribution in [1.29, 1.82) is 0 Å². The Morgan fingerprint density at radius 1 is 0.527 bits per heavy atom. The van der Waals surface area contributed by atoms with Crippen LogP contribution in [0.1, 0.15) is 86.3 Å². The Hall–Kier alpha value is -5.27. The van der Waals surface area contributed by atoms with Crippen molar-refractivity contribution in [2.45, 2.75) is 119 Å². The van der Waals surface area contributed by atoms with E-state index in [-0.39, 0.29) is 43.8 Å². The maximum Gasteiger partial charge on any atom is 0.408 e. The van der Waals surface area contributed by atoms with Crippen molar-refractivity contribution >= 4 is 41.5 Å². The van der Waals surface area contributed by atoms with Gasteiger partial charge in [-0.1, -0.05) is 123 Å². The fraction of sp³-hybridized carbons (Fsp3) is 0.537. The van der Waals surface area contributed by atoms with E-state index in [2.05, 4.69) is 26.6 Å². The van der Waals surface area contributed by atoms with Crippen molar-refractivity contribution in [1.82, 2.24) is 26.6 Å². The Morgan fingerprint density at radius 3 is 1.45 bits per heavy atom. The molecule has 302 valence electrons. The van der Waals surface area contributed by atoms with Crippen LogP contribution in [0.15, 0.2) is 60.7 Å². The predicted molar refractivity (Wildman–Crippen MR) is 207 cm³/mol. The third-order valence-electron chi connectivity index (χ3n) is 8.72. The minimum absolute atomic E-state index is 0.00131. The number of carbonyl (C=O) groups is 7. The third-order valence-corrected chi connectivity index (χ3v) is 8.72. The molecule has 5 amide bonds. The molecule has 2 rings (SSSR count). The van der Waals surface area contributed by atoms with Crippen molar-refractivity contribution < 1.29 is 43.0 Å². The smallest absolute Gasteiger partial charge is 0.408 e. The molecule has 14 heteroatoms. The van der Waals surface area contributed by atoms with Gasteiger partial charge in [-0.15, -0.1) is 0 Å². The molecular formula is C41H59N5O9. The van der Waals surface area contributed by atoms with Gasteiger partial charge in [0, 0.05) is 0 Å². The normalized spacial score (nSPS) is 13.9. The first-order chi connectivity index (χ1) is 25.9. The van der Waals surface area contributed by atoms with Gasteiger partial charge in [-0.05, 0) is 47.6 Å². The average molecular weight is 766 g/mol. The van der Waals surface area contributed by atoms with Crippen LogP contribution in [0.3, 0.4) is 0 Å². The number of carbonyl (C=O) groups excluding carboxylic acids is 7. The van der Waals surface area contributed by atoms with Crippen LogP contribution in [0, 0.1) is 23.7 Å². The summed E-state index contributed by atoms with van der Waals surface area (Å²) in [5, 5.41) is 13.0. The molecule has 0 heterocycles. The average Bonchev–Trinajstić information content (AvgIpc) is 3.14. The van der Waals surface area contributed by atoms with Gasteiger partial charge in [-0.2, -0.15) is 0 Å². The highest BCUT2D eigenvalue weighted by molar-refractivity contribution is 6.38. The first-order valence-electron chi connectivity index (χ1n) is 18.9. The van der Waals surface area contributed by atoms with Crippen LogP contribution < -0.4 is 26.6 Å². The minimum atomic E-state index is -1.28. The maximum absolute atomic E-state index is 13.5. The molecule has 0 saturated heterocycles. The molecule has 0 fully saturated rings. The summed E-state index contributed by atoms with van der Waals surface area (Å²) in [4.78, 5) is 92.7. The summed E-state index contributed by atoms with van der Waals surface area (Å²) in [6, 6.07) is 12.5. The van der Waals surface area contributed by atoms with Crippen LogP contribution in [0.4, 0.5) is 4.79 Å². The van der Waals surface area contributed by atoms with Crippen LogP contribution in [0.5, 0.6) is 0 Å². The number of esters is 1. The van der Waals surface area contributed by atoms with Crippen molar-refractivity contribution in [3.05, 3.63) is 71.8 Å². The number of nitrogens with one attached hydrogen (secondary N) is 5. The zero-order valence-electron chi connectivity index (χ0n) is 33.5. The molecular weight excluding hydrogens is 706 g/mol. The summed E-state index contributed by atoms with van der Waals surface area (Å²) >= 11 is 0. The number of rotatable bonds is 21. The van der Waals surface area contributed by atoms with Crippen LogP contribution >= 0.6 is 0 Å². The summed E-state index contributed by atoms with van der Waals surface area (Å²) in [7, 11) is 0. The van der Waals surface area contributed by atoms with Gasteiger partial charge in [0.2, 0.25) is 23.5 Å². The summed E-state index contributed by atoms with van der Waals surface area (Å²) in [6.07, 6.45) is -0.619. The Kier molecular flexibility index (Phi) is 19.0. The van der Waals surface area contributed by atoms with Crippen LogP contribution in [-0.4, -0.2) is 71.7 Å². The SMILES string of the molecule is CC[C@H](NC(=O)[C@@H](NC(=O)[C@@H](NC(=O)OCc1ccccc1)C(C)C)C(C)C)C(=O)C(=O)N[C@H](CC(C)C)C(=O)N[C@H](C(=O)OCc1ccccc1)C(C)C. The summed E-state index contributed by atoms with van der Waals surface area (Å²) in [5.74, 6) is -5.99. The lowest BCUT2D eigenvalue weighted by Crippen LogP contribution is -2.59. The van der Waals surface area contributed by atoms with Crippen LogP contribution in [0.25, 0.3) is 0 Å². The molecule has 2 aromatic rings. The zero-order valence-corrected chi connectivity index (χ0v) is 33.5. The summed E-state index contributed by atoms with van der Waals surface area (Å²) in [6.45, 7) is 15.6. The molecule has 0 aliphatic rings. The number of alkyl carbamates (subject to hydrolysis) is 1. The van der Waals surface area contributed by atoms with E-state index < -0.39 is 77.6 Å². The van der Waals surface area contributed by atoms with Crippen molar-refractivity contribution in [3.8, 4) is 0 Å². The maximum atomic E-state index is 13.5. The first-order valence-corrected chi connectivity index (χ1v) is 18.9. The van der Waals surface area contributed by atoms with E-state index in [1.165, 1.54) is 0 Å². The van der Waals surface area contributed by atoms with E-state index >= 15 is 0 Å². The molecule has 2 aromatic carbocycles. The van der Waals surface area contributed by atoms with Crippen molar-refractivity contribution in [2.75, 3.05) is 0 Å². The van der Waals surface area contributed by atoms with Crippen LogP contribution in [-0.2, 0) is 51.5 Å². The fourth-order valence-electron chi connectivity index (χ4n) is 5.48. The number of Topliss-reactive ketones (excluding diaryl/α,β-unsaturated/α-hetero) is 1. The van der Waals surface area contributed by atoms with E-state index in [0.29, 0.717) is 0 Å². The van der Waals surface area contributed by atoms with E-state index in [9.17, 15) is 33.6 Å². The van der Waals surface area contributed by atoms with E-state index in [0.717, 1.165) is 11.1 Å². The first kappa shape index (κ1) is 45.9. The minimum Gasteiger partial charge on any atom is -0.459 e. The lowest BCUT2D eigenvalue weighted by Gasteiger charge is -2.28. The second-order valence-electron chi connectivity index (χ2n) is 15.0. The Labute approximate surface area is 324 Å². The number of hydrogen-bond donors (Lipinski definition) is 5. The Morgan fingerprint density at radius 2 is 0.982 bits per heavy atom. The molecule has 0 aliphatic carbocycles. The topological polar surface area (TPSA) is 198 Å². The molecule has 0 bridgehead atoms. The predicted octanol–water partition coefficient (Wildman–Crippen LogP) is 3.96. The Bertz CT molecular complexity index is 1580. The highest BCUT2D eigenvalue weighted by Gasteiger charge is 2.36. The van der Waals surface area contributed by atoms with Gasteiger partial charge in [-0.3, -0.25) is 24.0 Å². The van der Waals surface area contributed by atoms with Crippen LogP contribution in [0.2, 0.25) is 0 Å². The molecule has 0 radical (unpaired) electrons. The number of amides is 5. The highest BCUT2D eigenvalue weighted by atomic mass is 16.5. The lowest BCUT2D eigenvalue weighted by molar-refractivity contribution is -0.151. The van der Waals surface area contributed by atoms with Gasteiger partial charge in [-0.25, -0.2) is 9.59 Å². The molecule has 0 aromatic heterocycles. The lowest BCUT2D eigenvalue weighted by atomic mass is 9.98. The molecule has 5 atom stereocenters. The number of ketones is 1. The van der Waals surface area contributed by atoms with Gasteiger partial charge in [0.25, 0.3) is 5.91 Å².